The number of aryl methyl sites for hydroxylation is 1. The predicted molar refractivity (Wildman–Crippen MR) is 117 cm³/mol. The monoisotopic (exact) mass is 369 g/mol. The summed E-state index contributed by atoms with van der Waals surface area (Å²) in [5, 5.41) is 1.44. The molecule has 2 aromatic rings. The number of allylic oxidation sites excluding steroid dienone is 6. The first-order valence-electron chi connectivity index (χ1n) is 10.1. The van der Waals surface area contributed by atoms with Gasteiger partial charge in [-0.15, -0.1) is 11.3 Å². The van der Waals surface area contributed by atoms with Gasteiger partial charge in [0.15, 0.2) is 0 Å². The van der Waals surface area contributed by atoms with Crippen molar-refractivity contribution in [3.05, 3.63) is 81.9 Å². The van der Waals surface area contributed by atoms with Crippen molar-refractivity contribution in [3.63, 3.8) is 0 Å². The smallest absolute Gasteiger partial charge is 0.0626 e. The number of anilines is 1. The molecule has 134 valence electrons. The fourth-order valence-corrected chi connectivity index (χ4v) is 6.35. The van der Waals surface area contributed by atoms with E-state index in [2.05, 4.69) is 72.6 Å². The summed E-state index contributed by atoms with van der Waals surface area (Å²) in [7, 11) is 0. The van der Waals surface area contributed by atoms with Gasteiger partial charge in [-0.05, 0) is 61.9 Å². The van der Waals surface area contributed by atoms with Crippen LogP contribution >= 0.6 is 11.3 Å². The Balaban J connectivity index is 1.52. The predicted octanol–water partition coefficient (Wildman–Crippen LogP) is 6.79. The third-order valence-corrected chi connectivity index (χ3v) is 7.63. The first kappa shape index (κ1) is 15.7. The van der Waals surface area contributed by atoms with Gasteiger partial charge in [0.05, 0.1) is 6.04 Å². The maximum Gasteiger partial charge on any atom is 0.0626 e. The largest absolute Gasteiger partial charge is 0.337 e. The second kappa shape index (κ2) is 5.84. The molecule has 0 bridgehead atoms. The van der Waals surface area contributed by atoms with E-state index >= 15 is 0 Å². The van der Waals surface area contributed by atoms with Crippen LogP contribution in [0.25, 0.3) is 16.2 Å². The fraction of sp³-hybridized carbons (Fsp3) is 0.280. The van der Waals surface area contributed by atoms with Crippen molar-refractivity contribution in [2.45, 2.75) is 38.6 Å². The SMILES string of the molecule is CC1=CC2C3=C(CCC=C3)N(c3ccc4sc5c(c4c3)C=CCC5)C2C=C1. The molecule has 27 heavy (non-hydrogen) atoms. The number of hydrogen-bond acceptors (Lipinski definition) is 2. The molecule has 0 amide bonds. The van der Waals surface area contributed by atoms with Gasteiger partial charge in [-0.1, -0.05) is 48.1 Å². The van der Waals surface area contributed by atoms with Crippen LogP contribution in [0.2, 0.25) is 0 Å². The highest BCUT2D eigenvalue weighted by Crippen LogP contribution is 2.46. The number of hydrogen-bond donors (Lipinski definition) is 0. The Bertz CT molecular complexity index is 1100. The van der Waals surface area contributed by atoms with Crippen molar-refractivity contribution in [1.29, 1.82) is 0 Å². The van der Waals surface area contributed by atoms with Gasteiger partial charge in [-0.3, -0.25) is 0 Å². The fourth-order valence-electron chi connectivity index (χ4n) is 5.16. The Kier molecular flexibility index (Phi) is 3.40. The van der Waals surface area contributed by atoms with Crippen LogP contribution in [-0.2, 0) is 6.42 Å². The van der Waals surface area contributed by atoms with Crippen molar-refractivity contribution in [1.82, 2.24) is 0 Å². The van der Waals surface area contributed by atoms with Gasteiger partial charge in [0.25, 0.3) is 0 Å². The molecule has 2 atom stereocenters. The van der Waals surface area contributed by atoms with E-state index in [-0.39, 0.29) is 0 Å². The van der Waals surface area contributed by atoms with Crippen LogP contribution in [0, 0.1) is 5.92 Å². The van der Waals surface area contributed by atoms with Gasteiger partial charge < -0.3 is 4.90 Å². The molecule has 1 nitrogen and oxygen atoms in total. The summed E-state index contributed by atoms with van der Waals surface area (Å²) in [6, 6.07) is 7.56. The number of thiophene rings is 1. The van der Waals surface area contributed by atoms with Crippen molar-refractivity contribution >= 4 is 33.2 Å². The molecule has 0 saturated carbocycles. The Morgan fingerprint density at radius 2 is 1.93 bits per heavy atom. The first-order chi connectivity index (χ1) is 13.3. The number of benzene rings is 1. The third-order valence-electron chi connectivity index (χ3n) is 6.38. The molecule has 1 aromatic heterocycles. The summed E-state index contributed by atoms with van der Waals surface area (Å²) in [5.41, 5.74) is 7.27. The van der Waals surface area contributed by atoms with E-state index < -0.39 is 0 Å². The van der Waals surface area contributed by atoms with E-state index in [9.17, 15) is 0 Å². The molecule has 0 spiro atoms. The van der Waals surface area contributed by atoms with Gasteiger partial charge in [0, 0.05) is 32.3 Å². The molecule has 1 aromatic carbocycles. The van der Waals surface area contributed by atoms with Crippen LogP contribution in [0.5, 0.6) is 0 Å². The Hall–Kier alpha value is -2.32. The van der Waals surface area contributed by atoms with Gasteiger partial charge in [-0.25, -0.2) is 0 Å². The minimum absolute atomic E-state index is 0.420. The van der Waals surface area contributed by atoms with Crippen LogP contribution in [0.1, 0.15) is 36.6 Å². The molecule has 1 aliphatic heterocycles. The van der Waals surface area contributed by atoms with E-state index in [1.807, 2.05) is 11.3 Å². The standard InChI is InChI=1S/C25H23NS/c1-16-10-12-23-20(14-16)18-6-2-4-8-22(18)26(23)17-11-13-25-21(15-17)19-7-3-5-9-24(19)27-25/h2-3,6-7,10-15,20,23H,4-5,8-9H2,1H3. The maximum absolute atomic E-state index is 2.62. The molecule has 0 saturated heterocycles. The maximum atomic E-state index is 2.62. The molecule has 2 heteroatoms. The zero-order valence-corrected chi connectivity index (χ0v) is 16.4. The second-order valence-electron chi connectivity index (χ2n) is 8.06. The summed E-state index contributed by atoms with van der Waals surface area (Å²) in [4.78, 5) is 4.18. The van der Waals surface area contributed by atoms with Crippen molar-refractivity contribution < 1.29 is 0 Å². The van der Waals surface area contributed by atoms with E-state index in [0.29, 0.717) is 12.0 Å². The van der Waals surface area contributed by atoms with Crippen molar-refractivity contribution in [3.8, 4) is 0 Å². The normalized spacial score (nSPS) is 25.7. The number of fused-ring (bicyclic) bond motifs is 5. The van der Waals surface area contributed by atoms with Gasteiger partial charge in [0.2, 0.25) is 0 Å². The van der Waals surface area contributed by atoms with E-state index in [1.54, 1.807) is 4.88 Å². The lowest BCUT2D eigenvalue weighted by atomic mass is 9.86. The molecule has 3 aliphatic carbocycles. The molecule has 0 N–H and O–H groups in total. The zero-order valence-electron chi connectivity index (χ0n) is 15.6. The van der Waals surface area contributed by atoms with Gasteiger partial charge in [0.1, 0.15) is 0 Å². The lowest BCUT2D eigenvalue weighted by molar-refractivity contribution is 0.676. The molecule has 0 fully saturated rings. The first-order valence-corrected chi connectivity index (χ1v) is 10.9. The Labute approximate surface area is 164 Å². The van der Waals surface area contributed by atoms with E-state index in [1.165, 1.54) is 51.0 Å². The van der Waals surface area contributed by atoms with Gasteiger partial charge in [-0.2, -0.15) is 0 Å². The molecule has 2 unspecified atom stereocenters. The van der Waals surface area contributed by atoms with Crippen LogP contribution in [0.3, 0.4) is 0 Å². The van der Waals surface area contributed by atoms with E-state index in [0.717, 1.165) is 12.8 Å². The lowest BCUT2D eigenvalue weighted by Crippen LogP contribution is -2.33. The summed E-state index contributed by atoms with van der Waals surface area (Å²) >= 11 is 1.98. The van der Waals surface area contributed by atoms with Gasteiger partial charge >= 0.3 is 0 Å². The van der Waals surface area contributed by atoms with Crippen molar-refractivity contribution in [2.75, 3.05) is 4.90 Å². The van der Waals surface area contributed by atoms with E-state index in [4.69, 9.17) is 0 Å². The molecular formula is C25H23NS. The minimum Gasteiger partial charge on any atom is -0.337 e. The zero-order chi connectivity index (χ0) is 18.0. The highest BCUT2D eigenvalue weighted by Gasteiger charge is 2.39. The third kappa shape index (κ3) is 2.29. The van der Waals surface area contributed by atoms with Crippen LogP contribution < -0.4 is 4.90 Å². The quantitative estimate of drug-likeness (QED) is 0.535. The Morgan fingerprint density at radius 3 is 2.89 bits per heavy atom. The molecule has 0 radical (unpaired) electrons. The minimum atomic E-state index is 0.420. The molecular weight excluding hydrogens is 346 g/mol. The topological polar surface area (TPSA) is 3.24 Å². The summed E-state index contributed by atoms with van der Waals surface area (Å²) in [5.74, 6) is 0.494. The number of rotatable bonds is 1. The summed E-state index contributed by atoms with van der Waals surface area (Å²) in [6.45, 7) is 2.22. The highest BCUT2D eigenvalue weighted by atomic mass is 32.1. The summed E-state index contributed by atoms with van der Waals surface area (Å²) < 4.78 is 1.43. The molecule has 6 rings (SSSR count). The van der Waals surface area contributed by atoms with Crippen LogP contribution in [0.15, 0.2) is 71.5 Å². The average Bonchev–Trinajstić information content (AvgIpc) is 3.23. The van der Waals surface area contributed by atoms with Crippen LogP contribution in [-0.4, -0.2) is 6.04 Å². The number of nitrogens with zero attached hydrogens (tertiary/aromatic N) is 1. The highest BCUT2D eigenvalue weighted by molar-refractivity contribution is 7.19. The van der Waals surface area contributed by atoms with Crippen LogP contribution in [0.4, 0.5) is 5.69 Å². The second-order valence-corrected chi connectivity index (χ2v) is 9.20. The summed E-state index contributed by atoms with van der Waals surface area (Å²) in [6.07, 6.45) is 21.3. The van der Waals surface area contributed by atoms with Crippen molar-refractivity contribution in [2.24, 2.45) is 5.92 Å². The average molecular weight is 370 g/mol. The molecule has 4 aliphatic rings. The Morgan fingerprint density at radius 1 is 1.04 bits per heavy atom. The molecule has 2 heterocycles. The lowest BCUT2D eigenvalue weighted by Gasteiger charge is -2.31.